The minimum Gasteiger partial charge on any atom is -0.387 e. The van der Waals surface area contributed by atoms with Crippen molar-refractivity contribution < 1.29 is 28.4 Å². The summed E-state index contributed by atoms with van der Waals surface area (Å²) in [6, 6.07) is -0.855. The first-order valence-electron chi connectivity index (χ1n) is 24.8. The topological polar surface area (TPSA) is 131 Å². The second-order valence-electron chi connectivity index (χ2n) is 17.0. The summed E-state index contributed by atoms with van der Waals surface area (Å²) in [5.74, 6) is -0.188. The van der Waals surface area contributed by atoms with Crippen LogP contribution in [-0.2, 0) is 18.4 Å². The lowest BCUT2D eigenvalue weighted by Gasteiger charge is -2.23. The second-order valence-corrected chi connectivity index (χ2v) is 18.5. The van der Waals surface area contributed by atoms with Crippen molar-refractivity contribution in [3.63, 3.8) is 0 Å². The molecule has 0 aliphatic carbocycles. The molecule has 0 aromatic carbocycles. The van der Waals surface area contributed by atoms with E-state index in [4.69, 9.17) is 14.8 Å². The van der Waals surface area contributed by atoms with Crippen LogP contribution >= 0.6 is 7.82 Å². The number of phosphoric ester groups is 1. The maximum absolute atomic E-state index is 12.8. The third kappa shape index (κ3) is 43.1. The molecule has 0 spiro atoms. The Bertz CT molecular complexity index is 906. The molecule has 0 aromatic rings. The van der Waals surface area contributed by atoms with Gasteiger partial charge in [0, 0.05) is 13.0 Å². The summed E-state index contributed by atoms with van der Waals surface area (Å²) >= 11 is 0. The number of carbonyl (C=O) groups is 1. The Hall–Kier alpha value is -0.760. The molecule has 0 saturated carbocycles. The number of aliphatic hydroxyl groups excluding tert-OH is 1. The van der Waals surface area contributed by atoms with Crippen LogP contribution in [0.25, 0.3) is 0 Å². The number of phosphoric acid groups is 1. The van der Waals surface area contributed by atoms with E-state index in [1.165, 1.54) is 199 Å². The molecular weight excluding hydrogens is 732 g/mol. The molecule has 1 amide bonds. The molecule has 0 aromatic heterocycles. The third-order valence-electron chi connectivity index (χ3n) is 11.4. The minimum absolute atomic E-state index is 0.0816. The van der Waals surface area contributed by atoms with Gasteiger partial charge in [0.15, 0.2) is 0 Å². The van der Waals surface area contributed by atoms with Gasteiger partial charge in [0.1, 0.15) is 0 Å². The Labute approximate surface area is 354 Å². The average molecular weight is 829 g/mol. The number of carbonyl (C=O) groups excluding carboxylic acids is 1. The Morgan fingerprint density at radius 3 is 1.25 bits per heavy atom. The second kappa shape index (κ2) is 44.8. The summed E-state index contributed by atoms with van der Waals surface area (Å²) in [7, 11) is -4.34. The first-order valence-corrected chi connectivity index (χ1v) is 26.3. The van der Waals surface area contributed by atoms with Gasteiger partial charge in [-0.2, -0.15) is 0 Å². The SMILES string of the molecule is CCCCCCCCCCCCCCCCC/C=C/[C@@H](O)[C@H](COP(=O)(O)OCCN)NC(=O)CCCCCCCCCCCCCCCCCCCCCCC. The fourth-order valence-electron chi connectivity index (χ4n) is 7.61. The number of hydrogen-bond acceptors (Lipinski definition) is 6. The number of hydrogen-bond donors (Lipinski definition) is 4. The number of nitrogens with one attached hydrogen (secondary N) is 1. The van der Waals surface area contributed by atoms with Crippen molar-refractivity contribution in [2.24, 2.45) is 5.73 Å². The van der Waals surface area contributed by atoms with Crippen LogP contribution in [0.5, 0.6) is 0 Å². The van der Waals surface area contributed by atoms with Gasteiger partial charge in [-0.3, -0.25) is 13.8 Å². The van der Waals surface area contributed by atoms with E-state index in [1.807, 2.05) is 6.08 Å². The number of allylic oxidation sites excluding steroid dienone is 1. The summed E-state index contributed by atoms with van der Waals surface area (Å²) in [6.07, 6.45) is 51.3. The van der Waals surface area contributed by atoms with E-state index in [9.17, 15) is 19.4 Å². The Balaban J connectivity index is 4.07. The van der Waals surface area contributed by atoms with Crippen molar-refractivity contribution in [3.8, 4) is 0 Å². The van der Waals surface area contributed by atoms with Crippen LogP contribution in [0.4, 0.5) is 0 Å². The van der Waals surface area contributed by atoms with Crippen LogP contribution in [0.2, 0.25) is 0 Å². The van der Waals surface area contributed by atoms with Crippen molar-refractivity contribution in [1.29, 1.82) is 0 Å². The van der Waals surface area contributed by atoms with E-state index in [2.05, 4.69) is 19.2 Å². The molecule has 0 bridgehead atoms. The van der Waals surface area contributed by atoms with Crippen LogP contribution in [0.15, 0.2) is 12.2 Å². The van der Waals surface area contributed by atoms with Gasteiger partial charge in [0.05, 0.1) is 25.4 Å². The maximum atomic E-state index is 12.8. The predicted molar refractivity (Wildman–Crippen MR) is 245 cm³/mol. The lowest BCUT2D eigenvalue weighted by Crippen LogP contribution is -2.45. The van der Waals surface area contributed by atoms with E-state index in [0.29, 0.717) is 6.42 Å². The minimum atomic E-state index is -4.34. The van der Waals surface area contributed by atoms with Crippen molar-refractivity contribution in [3.05, 3.63) is 12.2 Å². The standard InChI is InChI=1S/C48H97N2O6P/c1-3-5-7-9-11-13-15-17-19-21-22-23-24-26-28-30-32-34-36-38-40-42-48(52)50-46(45-56-57(53,54)55-44-43-49)47(51)41-39-37-35-33-31-29-27-25-20-18-16-14-12-10-8-6-4-2/h39,41,46-47,51H,3-38,40,42-45,49H2,1-2H3,(H,50,52)(H,53,54)/b41-39+/t46-,47+/m0/s1. The zero-order valence-electron chi connectivity index (χ0n) is 37.9. The van der Waals surface area contributed by atoms with Crippen LogP contribution in [0.3, 0.4) is 0 Å². The van der Waals surface area contributed by atoms with Crippen molar-refractivity contribution >= 4 is 13.7 Å². The normalized spacial score (nSPS) is 14.0. The summed E-state index contributed by atoms with van der Waals surface area (Å²) < 4.78 is 22.2. The molecule has 0 radical (unpaired) electrons. The smallest absolute Gasteiger partial charge is 0.387 e. The van der Waals surface area contributed by atoms with Gasteiger partial charge in [-0.05, 0) is 19.3 Å². The summed E-state index contributed by atoms with van der Waals surface area (Å²) in [5, 5.41) is 13.7. The Kier molecular flexibility index (Phi) is 44.2. The van der Waals surface area contributed by atoms with E-state index >= 15 is 0 Å². The number of nitrogens with two attached hydrogens (primary N) is 1. The molecule has 0 rings (SSSR count). The van der Waals surface area contributed by atoms with E-state index in [0.717, 1.165) is 38.5 Å². The highest BCUT2D eigenvalue weighted by atomic mass is 31.2. The quantitative estimate of drug-likeness (QED) is 0.0273. The molecule has 0 fully saturated rings. The van der Waals surface area contributed by atoms with Gasteiger partial charge in [0.25, 0.3) is 0 Å². The van der Waals surface area contributed by atoms with Gasteiger partial charge in [-0.25, -0.2) is 4.57 Å². The maximum Gasteiger partial charge on any atom is 0.472 e. The highest BCUT2D eigenvalue weighted by Crippen LogP contribution is 2.43. The lowest BCUT2D eigenvalue weighted by molar-refractivity contribution is -0.123. The monoisotopic (exact) mass is 829 g/mol. The lowest BCUT2D eigenvalue weighted by atomic mass is 10.0. The van der Waals surface area contributed by atoms with Crippen LogP contribution in [0.1, 0.15) is 258 Å². The van der Waals surface area contributed by atoms with Crippen molar-refractivity contribution in [2.75, 3.05) is 19.8 Å². The summed E-state index contributed by atoms with van der Waals surface area (Å²) in [5.41, 5.74) is 5.39. The molecule has 9 heteroatoms. The van der Waals surface area contributed by atoms with E-state index < -0.39 is 20.0 Å². The molecule has 1 unspecified atom stereocenters. The van der Waals surface area contributed by atoms with Crippen molar-refractivity contribution in [2.45, 2.75) is 270 Å². The molecule has 3 atom stereocenters. The summed E-state index contributed by atoms with van der Waals surface area (Å²) in [6.45, 7) is 4.18. The Morgan fingerprint density at radius 1 is 0.561 bits per heavy atom. The third-order valence-corrected chi connectivity index (χ3v) is 12.3. The van der Waals surface area contributed by atoms with E-state index in [1.54, 1.807) is 6.08 Å². The molecule has 340 valence electrons. The predicted octanol–water partition coefficient (Wildman–Crippen LogP) is 14.3. The van der Waals surface area contributed by atoms with Crippen LogP contribution < -0.4 is 11.1 Å². The van der Waals surface area contributed by atoms with E-state index in [-0.39, 0.29) is 25.7 Å². The van der Waals surface area contributed by atoms with Gasteiger partial charge in [0.2, 0.25) is 5.91 Å². The molecule has 0 aliphatic heterocycles. The molecular formula is C48H97N2O6P. The molecule has 57 heavy (non-hydrogen) atoms. The van der Waals surface area contributed by atoms with Crippen LogP contribution in [0, 0.1) is 0 Å². The van der Waals surface area contributed by atoms with Gasteiger partial charge in [-0.15, -0.1) is 0 Å². The first kappa shape index (κ1) is 56.2. The molecule has 0 saturated heterocycles. The Morgan fingerprint density at radius 2 is 0.895 bits per heavy atom. The highest BCUT2D eigenvalue weighted by Gasteiger charge is 2.26. The average Bonchev–Trinajstić information content (AvgIpc) is 3.20. The molecule has 0 heterocycles. The zero-order chi connectivity index (χ0) is 41.8. The fraction of sp³-hybridized carbons (Fsp3) is 0.938. The van der Waals surface area contributed by atoms with Gasteiger partial charge < -0.3 is 21.1 Å². The molecule has 8 nitrogen and oxygen atoms in total. The number of amides is 1. The van der Waals surface area contributed by atoms with Crippen molar-refractivity contribution in [1.82, 2.24) is 5.32 Å². The molecule has 0 aliphatic rings. The largest absolute Gasteiger partial charge is 0.472 e. The fourth-order valence-corrected chi connectivity index (χ4v) is 8.36. The van der Waals surface area contributed by atoms with Gasteiger partial charge >= 0.3 is 7.82 Å². The van der Waals surface area contributed by atoms with Crippen LogP contribution in [-0.4, -0.2) is 47.8 Å². The summed E-state index contributed by atoms with van der Waals surface area (Å²) in [4.78, 5) is 22.8. The highest BCUT2D eigenvalue weighted by molar-refractivity contribution is 7.47. The number of unbranched alkanes of at least 4 members (excludes halogenated alkanes) is 35. The number of aliphatic hydroxyl groups is 1. The van der Waals surface area contributed by atoms with Gasteiger partial charge in [-0.1, -0.05) is 244 Å². The zero-order valence-corrected chi connectivity index (χ0v) is 38.7. The molecule has 5 N–H and O–H groups in total. The number of rotatable bonds is 47. The first-order chi connectivity index (χ1) is 27.9.